The molecule has 1 saturated heterocycles. The van der Waals surface area contributed by atoms with Crippen LogP contribution in [0.25, 0.3) is 0 Å². The number of nitrogens with zero attached hydrogens (tertiary/aromatic N) is 3. The molecule has 0 unspecified atom stereocenters. The Labute approximate surface area is 149 Å². The van der Waals surface area contributed by atoms with Crippen molar-refractivity contribution in [1.82, 2.24) is 14.0 Å². The van der Waals surface area contributed by atoms with Crippen molar-refractivity contribution in [3.05, 3.63) is 48.8 Å². The van der Waals surface area contributed by atoms with E-state index in [1.807, 2.05) is 11.4 Å². The Hall–Kier alpha value is -2.19. The smallest absolute Gasteiger partial charge is 0.332 e. The highest BCUT2D eigenvalue weighted by atomic mass is 32.1. The summed E-state index contributed by atoms with van der Waals surface area (Å²) in [6.07, 6.45) is 1.99. The van der Waals surface area contributed by atoms with Crippen molar-refractivity contribution in [1.29, 1.82) is 0 Å². The summed E-state index contributed by atoms with van der Waals surface area (Å²) >= 11 is 1.67. The minimum absolute atomic E-state index is 0.0724. The Morgan fingerprint density at radius 3 is 2.68 bits per heavy atom. The molecule has 7 nitrogen and oxygen atoms in total. The third-order valence-electron chi connectivity index (χ3n) is 5.00. The molecule has 0 saturated carbocycles. The predicted molar refractivity (Wildman–Crippen MR) is 98.1 cm³/mol. The number of carbonyl (C=O) groups is 1. The van der Waals surface area contributed by atoms with Crippen LogP contribution in [0.2, 0.25) is 0 Å². The van der Waals surface area contributed by atoms with E-state index < -0.39 is 17.3 Å². The lowest BCUT2D eigenvalue weighted by Gasteiger charge is -2.29. The third kappa shape index (κ3) is 2.85. The van der Waals surface area contributed by atoms with E-state index in [1.54, 1.807) is 18.3 Å². The Morgan fingerprint density at radius 2 is 2.04 bits per heavy atom. The third-order valence-corrected chi connectivity index (χ3v) is 5.97. The fraction of sp³-hybridized carbons (Fsp3) is 0.471. The molecule has 0 aliphatic carbocycles. The van der Waals surface area contributed by atoms with Crippen molar-refractivity contribution in [2.45, 2.75) is 31.8 Å². The summed E-state index contributed by atoms with van der Waals surface area (Å²) < 4.78 is 2.07. The molecule has 2 N–H and O–H groups in total. The molecular formula is C17H22N4O3S. The largest absolute Gasteiger partial charge is 0.384 e. The standard InChI is InChI=1S/C17H22N4O3S/c1-10(21-8-4-6-11(21)12-7-5-9-25-12)14(22)13-15(18)19(2)17(24)20(3)16(13)23/h5,7,9-11H,4,6,8,18H2,1-3H3/t10-,11+/m1/s1. The Morgan fingerprint density at radius 1 is 1.32 bits per heavy atom. The topological polar surface area (TPSA) is 90.3 Å². The number of nitrogen functional groups attached to an aromatic ring is 1. The van der Waals surface area contributed by atoms with Crippen LogP contribution in [0, 0.1) is 0 Å². The molecule has 0 amide bonds. The molecular weight excluding hydrogens is 340 g/mol. The number of likely N-dealkylation sites (tertiary alicyclic amines) is 1. The van der Waals surface area contributed by atoms with E-state index in [0.29, 0.717) is 0 Å². The number of nitrogens with two attached hydrogens (primary N) is 1. The average Bonchev–Trinajstić information content (AvgIpc) is 3.28. The number of aromatic nitrogens is 2. The van der Waals surface area contributed by atoms with Gasteiger partial charge in [-0.25, -0.2) is 4.79 Å². The molecule has 1 fully saturated rings. The first-order chi connectivity index (χ1) is 11.8. The summed E-state index contributed by atoms with van der Waals surface area (Å²) in [5, 5.41) is 2.03. The summed E-state index contributed by atoms with van der Waals surface area (Å²) in [6, 6.07) is 3.77. The van der Waals surface area contributed by atoms with Gasteiger partial charge in [0, 0.05) is 25.0 Å². The molecule has 2 aromatic rings. The summed E-state index contributed by atoms with van der Waals surface area (Å²) in [7, 11) is 2.82. The molecule has 8 heteroatoms. The van der Waals surface area contributed by atoms with Crippen molar-refractivity contribution in [2.24, 2.45) is 14.1 Å². The monoisotopic (exact) mass is 362 g/mol. The maximum Gasteiger partial charge on any atom is 0.332 e. The van der Waals surface area contributed by atoms with E-state index >= 15 is 0 Å². The molecule has 0 aromatic carbocycles. The maximum atomic E-state index is 13.1. The quantitative estimate of drug-likeness (QED) is 0.824. The number of hydrogen-bond acceptors (Lipinski definition) is 6. The molecule has 0 radical (unpaired) electrons. The van der Waals surface area contributed by atoms with Gasteiger partial charge in [-0.3, -0.25) is 23.6 Å². The van der Waals surface area contributed by atoms with Crippen LogP contribution in [-0.4, -0.2) is 32.4 Å². The number of Topliss-reactive ketones (excluding diaryl/α,β-unsaturated/α-hetero) is 1. The molecule has 1 aliphatic heterocycles. The maximum absolute atomic E-state index is 13.1. The van der Waals surface area contributed by atoms with Gasteiger partial charge in [0.05, 0.1) is 6.04 Å². The van der Waals surface area contributed by atoms with Crippen LogP contribution in [0.1, 0.15) is 41.0 Å². The Balaban J connectivity index is 1.99. The van der Waals surface area contributed by atoms with Crippen molar-refractivity contribution in [3.63, 3.8) is 0 Å². The average molecular weight is 362 g/mol. The highest BCUT2D eigenvalue weighted by Gasteiger charge is 2.35. The van der Waals surface area contributed by atoms with Crippen LogP contribution in [0.4, 0.5) is 5.82 Å². The zero-order chi connectivity index (χ0) is 18.3. The number of anilines is 1. The normalized spacial score (nSPS) is 19.2. The van der Waals surface area contributed by atoms with Gasteiger partial charge in [0.2, 0.25) is 0 Å². The SMILES string of the molecule is C[C@H](C(=O)c1c(N)n(C)c(=O)n(C)c1=O)N1CCC[C@H]1c1cccs1. The van der Waals surface area contributed by atoms with Gasteiger partial charge < -0.3 is 5.73 Å². The summed E-state index contributed by atoms with van der Waals surface area (Å²) in [5.74, 6) is -0.408. The van der Waals surface area contributed by atoms with Gasteiger partial charge in [0.1, 0.15) is 11.4 Å². The van der Waals surface area contributed by atoms with Crippen molar-refractivity contribution < 1.29 is 4.79 Å². The molecule has 2 aromatic heterocycles. The molecule has 134 valence electrons. The molecule has 2 atom stereocenters. The number of carbonyl (C=O) groups excluding carboxylic acids is 1. The molecule has 0 bridgehead atoms. The van der Waals surface area contributed by atoms with E-state index in [2.05, 4.69) is 11.0 Å². The molecule has 25 heavy (non-hydrogen) atoms. The van der Waals surface area contributed by atoms with Gasteiger partial charge in [-0.1, -0.05) is 6.07 Å². The number of ketones is 1. The summed E-state index contributed by atoms with van der Waals surface area (Å²) in [4.78, 5) is 40.8. The van der Waals surface area contributed by atoms with Crippen LogP contribution in [-0.2, 0) is 14.1 Å². The highest BCUT2D eigenvalue weighted by molar-refractivity contribution is 7.10. The Kier molecular flexibility index (Phi) is 4.66. The molecule has 1 aliphatic rings. The minimum Gasteiger partial charge on any atom is -0.384 e. The Bertz CT molecular complexity index is 913. The second-order valence-corrected chi connectivity index (χ2v) is 7.40. The van der Waals surface area contributed by atoms with E-state index in [-0.39, 0.29) is 23.2 Å². The lowest BCUT2D eigenvalue weighted by molar-refractivity contribution is 0.0820. The number of rotatable bonds is 4. The fourth-order valence-corrected chi connectivity index (χ4v) is 4.37. The van der Waals surface area contributed by atoms with Crippen LogP contribution in [0.5, 0.6) is 0 Å². The second-order valence-electron chi connectivity index (χ2n) is 6.42. The van der Waals surface area contributed by atoms with Gasteiger partial charge in [0.25, 0.3) is 5.56 Å². The van der Waals surface area contributed by atoms with E-state index in [9.17, 15) is 14.4 Å². The van der Waals surface area contributed by atoms with Crippen LogP contribution in [0.3, 0.4) is 0 Å². The van der Waals surface area contributed by atoms with Gasteiger partial charge >= 0.3 is 5.69 Å². The van der Waals surface area contributed by atoms with Gasteiger partial charge in [-0.15, -0.1) is 11.3 Å². The number of hydrogen-bond donors (Lipinski definition) is 1. The second kappa shape index (κ2) is 6.61. The molecule has 3 rings (SSSR count). The van der Waals surface area contributed by atoms with Gasteiger partial charge in [-0.2, -0.15) is 0 Å². The summed E-state index contributed by atoms with van der Waals surface area (Å²) in [5.41, 5.74) is 4.66. The van der Waals surface area contributed by atoms with E-state index in [0.717, 1.165) is 28.5 Å². The minimum atomic E-state index is -0.635. The van der Waals surface area contributed by atoms with Crippen molar-refractivity contribution in [3.8, 4) is 0 Å². The van der Waals surface area contributed by atoms with Gasteiger partial charge in [-0.05, 0) is 37.8 Å². The van der Waals surface area contributed by atoms with Crippen LogP contribution in [0.15, 0.2) is 27.1 Å². The molecule has 3 heterocycles. The lowest BCUT2D eigenvalue weighted by Crippen LogP contribution is -2.46. The zero-order valence-corrected chi connectivity index (χ0v) is 15.4. The molecule has 0 spiro atoms. The predicted octanol–water partition coefficient (Wildman–Crippen LogP) is 1.14. The first kappa shape index (κ1) is 17.6. The van der Waals surface area contributed by atoms with Crippen LogP contribution >= 0.6 is 11.3 Å². The fourth-order valence-electron chi connectivity index (χ4n) is 3.49. The van der Waals surface area contributed by atoms with E-state index in [4.69, 9.17) is 5.73 Å². The first-order valence-corrected chi connectivity index (χ1v) is 9.11. The van der Waals surface area contributed by atoms with E-state index in [1.165, 1.54) is 19.0 Å². The highest BCUT2D eigenvalue weighted by Crippen LogP contribution is 2.36. The summed E-state index contributed by atoms with van der Waals surface area (Å²) in [6.45, 7) is 2.60. The van der Waals surface area contributed by atoms with Crippen LogP contribution < -0.4 is 17.0 Å². The van der Waals surface area contributed by atoms with Crippen molar-refractivity contribution in [2.75, 3.05) is 12.3 Å². The first-order valence-electron chi connectivity index (χ1n) is 8.23. The van der Waals surface area contributed by atoms with Gasteiger partial charge in [0.15, 0.2) is 5.78 Å². The lowest BCUT2D eigenvalue weighted by atomic mass is 10.0. The number of thiophene rings is 1. The zero-order valence-electron chi connectivity index (χ0n) is 14.6. The van der Waals surface area contributed by atoms with Crippen molar-refractivity contribution >= 4 is 22.9 Å².